The summed E-state index contributed by atoms with van der Waals surface area (Å²) in [5.41, 5.74) is 11.2. The van der Waals surface area contributed by atoms with Gasteiger partial charge in [0.05, 0.1) is 23.7 Å². The number of urea groups is 1. The molecule has 0 aliphatic carbocycles. The molecular formula is C34H39FN6O4S. The summed E-state index contributed by atoms with van der Waals surface area (Å²) in [6.45, 7) is 10.3. The molecule has 0 radical (unpaired) electrons. The van der Waals surface area contributed by atoms with Crippen LogP contribution in [-0.4, -0.2) is 54.4 Å². The summed E-state index contributed by atoms with van der Waals surface area (Å²) in [5, 5.41) is 3.11. The maximum absolute atomic E-state index is 13.0. The number of nitrogens with zero attached hydrogens (tertiary/aromatic N) is 4. The minimum atomic E-state index is -1.05. The van der Waals surface area contributed by atoms with Crippen LogP contribution in [0.1, 0.15) is 43.0 Å². The highest BCUT2D eigenvalue weighted by Gasteiger charge is 2.32. The van der Waals surface area contributed by atoms with E-state index in [4.69, 9.17) is 15.2 Å². The van der Waals surface area contributed by atoms with E-state index in [9.17, 15) is 14.0 Å². The van der Waals surface area contributed by atoms with Crippen LogP contribution in [-0.2, 0) is 16.1 Å². The molecule has 0 spiro atoms. The topological polar surface area (TPSA) is 131 Å². The number of carbonyl (C=O) groups excluding carboxylic acids is 2. The van der Waals surface area contributed by atoms with E-state index in [1.807, 2.05) is 32.0 Å². The molecule has 10 nitrogen and oxygen atoms in total. The number of halogens is 1. The first kappa shape index (κ1) is 34.3. The second-order valence-electron chi connectivity index (χ2n) is 11.3. The van der Waals surface area contributed by atoms with Crippen LogP contribution in [0.2, 0.25) is 0 Å². The molecule has 46 heavy (non-hydrogen) atoms. The molecule has 4 rings (SSSR count). The zero-order chi connectivity index (χ0) is 33.2. The van der Waals surface area contributed by atoms with E-state index in [0.29, 0.717) is 52.7 Å². The number of ether oxygens (including phenoxy) is 2. The number of benzene rings is 3. The Labute approximate surface area is 273 Å². The first-order chi connectivity index (χ1) is 22.0. The maximum Gasteiger partial charge on any atom is 0.347 e. The van der Waals surface area contributed by atoms with E-state index in [1.165, 1.54) is 29.9 Å². The van der Waals surface area contributed by atoms with Crippen LogP contribution in [0.4, 0.5) is 26.2 Å². The van der Waals surface area contributed by atoms with Gasteiger partial charge in [0.15, 0.2) is 5.17 Å². The number of thioether (sulfide) groups is 1. The molecule has 0 saturated carbocycles. The molecule has 1 atom stereocenters. The van der Waals surface area contributed by atoms with Gasteiger partial charge in [0.2, 0.25) is 5.91 Å². The van der Waals surface area contributed by atoms with Crippen LogP contribution in [0.25, 0.3) is 0 Å². The van der Waals surface area contributed by atoms with Crippen molar-refractivity contribution in [2.75, 3.05) is 29.2 Å². The second kappa shape index (κ2) is 16.1. The number of amides is 3. The highest BCUT2D eigenvalue weighted by Crippen LogP contribution is 2.31. The summed E-state index contributed by atoms with van der Waals surface area (Å²) >= 11 is 1.22. The first-order valence-electron chi connectivity index (χ1n) is 14.9. The Morgan fingerprint density at radius 2 is 1.85 bits per heavy atom. The minimum absolute atomic E-state index is 0.0119. The Kier molecular flexibility index (Phi) is 12.0. The van der Waals surface area contributed by atoms with E-state index in [2.05, 4.69) is 34.1 Å². The van der Waals surface area contributed by atoms with Crippen molar-refractivity contribution in [3.8, 4) is 5.75 Å². The number of hydrogen-bond acceptors (Lipinski definition) is 6. The van der Waals surface area contributed by atoms with Gasteiger partial charge in [-0.15, -0.1) is 0 Å². The zero-order valence-corrected chi connectivity index (χ0v) is 27.4. The third-order valence-corrected chi connectivity index (χ3v) is 7.56. The van der Waals surface area contributed by atoms with Gasteiger partial charge in [0, 0.05) is 23.4 Å². The van der Waals surface area contributed by atoms with Crippen LogP contribution in [0, 0.1) is 19.8 Å². The average Bonchev–Trinajstić information content (AvgIpc) is 3.37. The average molecular weight is 647 g/mol. The fourth-order valence-electron chi connectivity index (χ4n) is 4.36. The van der Waals surface area contributed by atoms with Crippen LogP contribution in [0.3, 0.4) is 0 Å². The van der Waals surface area contributed by atoms with Crippen molar-refractivity contribution in [2.45, 2.75) is 47.4 Å². The van der Waals surface area contributed by atoms with Gasteiger partial charge in [0.25, 0.3) is 0 Å². The van der Waals surface area contributed by atoms with Crippen molar-refractivity contribution in [1.29, 1.82) is 0 Å². The lowest BCUT2D eigenvalue weighted by atomic mass is 10.1. The van der Waals surface area contributed by atoms with Crippen molar-refractivity contribution in [3.63, 3.8) is 0 Å². The number of amidine groups is 2. The molecule has 1 unspecified atom stereocenters. The van der Waals surface area contributed by atoms with E-state index >= 15 is 0 Å². The molecule has 1 heterocycles. The smallest absolute Gasteiger partial charge is 0.347 e. The molecule has 1 fully saturated rings. The molecular weight excluding hydrogens is 607 g/mol. The number of aryl methyl sites for hydroxylation is 2. The number of nitrogens with one attached hydrogen (secondary N) is 1. The lowest BCUT2D eigenvalue weighted by Gasteiger charge is -2.21. The lowest BCUT2D eigenvalue weighted by molar-refractivity contribution is -0.115. The first-order valence-corrected chi connectivity index (χ1v) is 15.8. The third-order valence-electron chi connectivity index (χ3n) is 6.64. The number of rotatable bonds is 12. The molecule has 1 aliphatic heterocycles. The van der Waals surface area contributed by atoms with Gasteiger partial charge in [-0.25, -0.2) is 19.2 Å². The number of hydrogen-bond donors (Lipinski definition) is 2. The lowest BCUT2D eigenvalue weighted by Crippen LogP contribution is -2.31. The van der Waals surface area contributed by atoms with Gasteiger partial charge >= 0.3 is 6.03 Å². The molecule has 3 aromatic carbocycles. The Morgan fingerprint density at radius 1 is 1.09 bits per heavy atom. The minimum Gasteiger partial charge on any atom is -0.491 e. The van der Waals surface area contributed by atoms with Gasteiger partial charge in [0.1, 0.15) is 30.7 Å². The molecule has 242 valence electrons. The van der Waals surface area contributed by atoms with Crippen molar-refractivity contribution < 1.29 is 23.5 Å². The van der Waals surface area contributed by atoms with Gasteiger partial charge in [-0.1, -0.05) is 37.7 Å². The van der Waals surface area contributed by atoms with Gasteiger partial charge < -0.3 is 20.5 Å². The van der Waals surface area contributed by atoms with Crippen molar-refractivity contribution in [1.82, 2.24) is 0 Å². The summed E-state index contributed by atoms with van der Waals surface area (Å²) in [4.78, 5) is 40.2. The Bertz CT molecular complexity index is 1640. The number of aliphatic imine (C=N–C) groups is 3. The predicted molar refractivity (Wildman–Crippen MR) is 185 cm³/mol. The summed E-state index contributed by atoms with van der Waals surface area (Å²) in [7, 11) is 0. The molecule has 3 aromatic rings. The normalized spacial score (nSPS) is 15.3. The monoisotopic (exact) mass is 646 g/mol. The Morgan fingerprint density at radius 3 is 2.54 bits per heavy atom. The van der Waals surface area contributed by atoms with Crippen molar-refractivity contribution >= 4 is 58.1 Å². The standard InChI is InChI=1S/C34H39FN6O4S/c1-21(2)16-44-18-26-7-6-22(3)14-30(26)41-31(42)19-46-34(41)40-33(43)39-29-13-8-25(15-23(29)4)32(36)38-20-37-27-9-11-28(12-10-27)45-17-24(5)35/h6-15,20-21,24H,16-19H2,1-5H3,(H,39,43)(H2,36,37,38)/b40-34-. The third kappa shape index (κ3) is 9.72. The van der Waals surface area contributed by atoms with Crippen LogP contribution in [0.5, 0.6) is 5.75 Å². The maximum atomic E-state index is 13.0. The summed E-state index contributed by atoms with van der Waals surface area (Å²) < 4.78 is 24.1. The molecule has 1 aliphatic rings. The number of carbonyl (C=O) groups is 2. The predicted octanol–water partition coefficient (Wildman–Crippen LogP) is 6.95. The second-order valence-corrected chi connectivity index (χ2v) is 12.2. The molecule has 0 aromatic heterocycles. The fourth-order valence-corrected chi connectivity index (χ4v) is 5.21. The fraction of sp³-hybridized carbons (Fsp3) is 0.324. The largest absolute Gasteiger partial charge is 0.491 e. The van der Waals surface area contributed by atoms with E-state index in [1.54, 1.807) is 42.5 Å². The molecule has 12 heteroatoms. The molecule has 1 saturated heterocycles. The number of anilines is 2. The van der Waals surface area contributed by atoms with Gasteiger partial charge in [-0.3, -0.25) is 9.69 Å². The van der Waals surface area contributed by atoms with E-state index in [0.717, 1.165) is 16.7 Å². The number of alkyl halides is 1. The summed E-state index contributed by atoms with van der Waals surface area (Å²) in [6, 6.07) is 17.3. The summed E-state index contributed by atoms with van der Waals surface area (Å²) in [6.07, 6.45) is 0.295. The van der Waals surface area contributed by atoms with Crippen LogP contribution >= 0.6 is 11.8 Å². The van der Waals surface area contributed by atoms with Crippen LogP contribution < -0.4 is 20.7 Å². The van der Waals surface area contributed by atoms with E-state index in [-0.39, 0.29) is 24.1 Å². The zero-order valence-electron chi connectivity index (χ0n) is 26.6. The molecule has 3 amide bonds. The van der Waals surface area contributed by atoms with Gasteiger partial charge in [-0.05, 0) is 86.3 Å². The van der Waals surface area contributed by atoms with Crippen molar-refractivity contribution in [3.05, 3.63) is 82.9 Å². The molecule has 3 N–H and O–H groups in total. The van der Waals surface area contributed by atoms with Crippen LogP contribution in [0.15, 0.2) is 75.6 Å². The number of nitrogens with two attached hydrogens (primary N) is 1. The molecule has 0 bridgehead atoms. The highest BCUT2D eigenvalue weighted by atomic mass is 32.2. The van der Waals surface area contributed by atoms with E-state index < -0.39 is 12.2 Å². The summed E-state index contributed by atoms with van der Waals surface area (Å²) in [5.74, 6) is 1.20. The SMILES string of the molecule is Cc1ccc(COCC(C)C)c(N2C(=O)CS/C2=N\C(=O)Nc2ccc(C(N)=NC=Nc3ccc(OCC(C)F)cc3)cc2C)c1. The Hall–Kier alpha value is -4.55. The quantitative estimate of drug-likeness (QED) is 0.162. The van der Waals surface area contributed by atoms with Crippen molar-refractivity contribution in [2.24, 2.45) is 26.6 Å². The van der Waals surface area contributed by atoms with Gasteiger partial charge in [-0.2, -0.15) is 4.99 Å². The highest BCUT2D eigenvalue weighted by molar-refractivity contribution is 8.15. The Balaban J connectivity index is 1.42.